The summed E-state index contributed by atoms with van der Waals surface area (Å²) in [7, 11) is 0. The molecule has 0 fully saturated rings. The van der Waals surface area contributed by atoms with E-state index in [1.807, 2.05) is 42.5 Å². The SMILES string of the molecule is c1ccc(COc2ccc(Nc3ncnc4scc(-c5ccc6c(c5)CCCC6)c34)cc2)cc1. The zero-order valence-electron chi connectivity index (χ0n) is 18.8. The standard InChI is InChI=1S/C29H25N3OS/c1-2-6-20(7-3-1)17-33-25-14-12-24(13-15-25)32-28-27-26(18-34-29(27)31-19-30-28)23-11-10-21-8-4-5-9-22(21)16-23/h1-3,6-7,10-16,18-19H,4-5,8-9,17H2,(H,30,31,32). The second kappa shape index (κ2) is 9.27. The number of aryl methyl sites for hydroxylation is 2. The summed E-state index contributed by atoms with van der Waals surface area (Å²) in [6.45, 7) is 0.555. The van der Waals surface area contributed by atoms with Crippen LogP contribution < -0.4 is 10.1 Å². The highest BCUT2D eigenvalue weighted by atomic mass is 32.1. The molecule has 0 spiro atoms. The highest BCUT2D eigenvalue weighted by molar-refractivity contribution is 7.17. The Morgan fingerprint density at radius 3 is 2.53 bits per heavy atom. The second-order valence-corrected chi connectivity index (χ2v) is 9.52. The minimum atomic E-state index is 0.555. The predicted molar refractivity (Wildman–Crippen MR) is 140 cm³/mol. The van der Waals surface area contributed by atoms with E-state index < -0.39 is 0 Å². The van der Waals surface area contributed by atoms with Gasteiger partial charge in [0, 0.05) is 16.6 Å². The molecule has 0 atom stereocenters. The molecule has 2 aromatic heterocycles. The quantitative estimate of drug-likeness (QED) is 0.282. The van der Waals surface area contributed by atoms with Crippen LogP contribution in [-0.2, 0) is 19.4 Å². The summed E-state index contributed by atoms with van der Waals surface area (Å²) in [6, 6.07) is 25.1. The maximum absolute atomic E-state index is 5.93. The van der Waals surface area contributed by atoms with Gasteiger partial charge in [0.2, 0.25) is 0 Å². The first-order valence-electron chi connectivity index (χ1n) is 11.7. The fraction of sp³-hybridized carbons (Fsp3) is 0.172. The summed E-state index contributed by atoms with van der Waals surface area (Å²) in [4.78, 5) is 10.1. The zero-order chi connectivity index (χ0) is 22.7. The molecule has 34 heavy (non-hydrogen) atoms. The van der Waals surface area contributed by atoms with Crippen molar-refractivity contribution in [2.45, 2.75) is 32.3 Å². The van der Waals surface area contributed by atoms with E-state index in [4.69, 9.17) is 4.74 Å². The van der Waals surface area contributed by atoms with Gasteiger partial charge in [0.1, 0.15) is 29.3 Å². The van der Waals surface area contributed by atoms with Crippen molar-refractivity contribution >= 4 is 33.1 Å². The maximum atomic E-state index is 5.93. The van der Waals surface area contributed by atoms with Crippen molar-refractivity contribution in [1.29, 1.82) is 0 Å². The average Bonchev–Trinajstić information content (AvgIpc) is 3.34. The van der Waals surface area contributed by atoms with Gasteiger partial charge in [0.05, 0.1) is 5.39 Å². The van der Waals surface area contributed by atoms with Crippen molar-refractivity contribution < 1.29 is 4.74 Å². The zero-order valence-corrected chi connectivity index (χ0v) is 19.6. The van der Waals surface area contributed by atoms with Crippen LogP contribution >= 0.6 is 11.3 Å². The molecule has 0 bridgehead atoms. The molecule has 5 aromatic rings. The van der Waals surface area contributed by atoms with E-state index in [0.717, 1.165) is 33.0 Å². The lowest BCUT2D eigenvalue weighted by Crippen LogP contribution is -2.02. The lowest BCUT2D eigenvalue weighted by atomic mass is 9.89. The van der Waals surface area contributed by atoms with Crippen LogP contribution in [0.15, 0.2) is 84.5 Å². The van der Waals surface area contributed by atoms with Crippen LogP contribution in [0.5, 0.6) is 5.75 Å². The van der Waals surface area contributed by atoms with E-state index in [1.165, 1.54) is 47.9 Å². The number of benzene rings is 3. The van der Waals surface area contributed by atoms with Crippen molar-refractivity contribution in [3.05, 3.63) is 101 Å². The number of nitrogens with zero attached hydrogens (tertiary/aromatic N) is 2. The van der Waals surface area contributed by atoms with Gasteiger partial charge < -0.3 is 10.1 Å². The molecule has 4 nitrogen and oxygen atoms in total. The van der Waals surface area contributed by atoms with E-state index in [-0.39, 0.29) is 0 Å². The summed E-state index contributed by atoms with van der Waals surface area (Å²) in [6.07, 6.45) is 6.58. The number of fused-ring (bicyclic) bond motifs is 2. The number of ether oxygens (including phenoxy) is 1. The summed E-state index contributed by atoms with van der Waals surface area (Å²) in [5.41, 5.74) is 7.54. The predicted octanol–water partition coefficient (Wildman–Crippen LogP) is 7.56. The molecule has 0 amide bonds. The summed E-state index contributed by atoms with van der Waals surface area (Å²) >= 11 is 1.67. The highest BCUT2D eigenvalue weighted by Crippen LogP contribution is 2.38. The van der Waals surface area contributed by atoms with E-state index in [0.29, 0.717) is 6.61 Å². The Balaban J connectivity index is 1.25. The Morgan fingerprint density at radius 2 is 1.68 bits per heavy atom. The van der Waals surface area contributed by atoms with Gasteiger partial charge >= 0.3 is 0 Å². The van der Waals surface area contributed by atoms with Crippen LogP contribution in [0.4, 0.5) is 11.5 Å². The summed E-state index contributed by atoms with van der Waals surface area (Å²) in [5, 5.41) is 6.79. The van der Waals surface area contributed by atoms with E-state index in [9.17, 15) is 0 Å². The Morgan fingerprint density at radius 1 is 0.853 bits per heavy atom. The van der Waals surface area contributed by atoms with Crippen molar-refractivity contribution in [2.24, 2.45) is 0 Å². The first-order valence-corrected chi connectivity index (χ1v) is 12.6. The molecule has 1 N–H and O–H groups in total. The molecule has 1 aliphatic carbocycles. The number of thiophene rings is 1. The van der Waals surface area contributed by atoms with Crippen LogP contribution in [-0.4, -0.2) is 9.97 Å². The van der Waals surface area contributed by atoms with Crippen LogP contribution in [0.2, 0.25) is 0 Å². The molecule has 2 heterocycles. The molecule has 0 saturated carbocycles. The van der Waals surface area contributed by atoms with Crippen LogP contribution in [0.1, 0.15) is 29.5 Å². The first-order chi connectivity index (χ1) is 16.8. The fourth-order valence-corrected chi connectivity index (χ4v) is 5.51. The highest BCUT2D eigenvalue weighted by Gasteiger charge is 2.16. The van der Waals surface area contributed by atoms with Gasteiger partial charge in [-0.1, -0.05) is 48.5 Å². The lowest BCUT2D eigenvalue weighted by Gasteiger charge is -2.16. The molecule has 3 aromatic carbocycles. The van der Waals surface area contributed by atoms with Crippen molar-refractivity contribution in [3.63, 3.8) is 0 Å². The van der Waals surface area contributed by atoms with E-state index in [2.05, 4.69) is 51.0 Å². The number of hydrogen-bond acceptors (Lipinski definition) is 5. The topological polar surface area (TPSA) is 47.0 Å². The Labute approximate surface area is 203 Å². The third kappa shape index (κ3) is 4.27. The molecular formula is C29H25N3OS. The Kier molecular flexibility index (Phi) is 5.69. The fourth-order valence-electron chi connectivity index (χ4n) is 4.60. The molecular weight excluding hydrogens is 438 g/mol. The summed E-state index contributed by atoms with van der Waals surface area (Å²) < 4.78 is 5.93. The minimum Gasteiger partial charge on any atom is -0.489 e. The van der Waals surface area contributed by atoms with E-state index >= 15 is 0 Å². The number of hydrogen-bond donors (Lipinski definition) is 1. The number of aromatic nitrogens is 2. The van der Waals surface area contributed by atoms with Gasteiger partial charge in [-0.3, -0.25) is 0 Å². The molecule has 0 radical (unpaired) electrons. The summed E-state index contributed by atoms with van der Waals surface area (Å²) in [5.74, 6) is 1.67. The smallest absolute Gasteiger partial charge is 0.143 e. The van der Waals surface area contributed by atoms with Gasteiger partial charge in [-0.15, -0.1) is 11.3 Å². The van der Waals surface area contributed by atoms with E-state index in [1.54, 1.807) is 17.7 Å². The average molecular weight is 464 g/mol. The van der Waals surface area contributed by atoms with Gasteiger partial charge in [-0.2, -0.15) is 0 Å². The van der Waals surface area contributed by atoms with Gasteiger partial charge in [0.25, 0.3) is 0 Å². The monoisotopic (exact) mass is 463 g/mol. The molecule has 5 heteroatoms. The maximum Gasteiger partial charge on any atom is 0.143 e. The Bertz CT molecular complexity index is 1430. The molecule has 0 aliphatic heterocycles. The molecule has 0 saturated heterocycles. The molecule has 6 rings (SSSR count). The van der Waals surface area contributed by atoms with Crippen molar-refractivity contribution in [3.8, 4) is 16.9 Å². The molecule has 1 aliphatic rings. The third-order valence-corrected chi connectivity index (χ3v) is 7.28. The van der Waals surface area contributed by atoms with Crippen LogP contribution in [0.3, 0.4) is 0 Å². The van der Waals surface area contributed by atoms with Crippen LogP contribution in [0, 0.1) is 0 Å². The van der Waals surface area contributed by atoms with Gasteiger partial charge in [-0.25, -0.2) is 9.97 Å². The first kappa shape index (κ1) is 20.9. The second-order valence-electron chi connectivity index (χ2n) is 8.67. The van der Waals surface area contributed by atoms with Crippen LogP contribution in [0.25, 0.3) is 21.3 Å². The van der Waals surface area contributed by atoms with Crippen molar-refractivity contribution in [2.75, 3.05) is 5.32 Å². The lowest BCUT2D eigenvalue weighted by molar-refractivity contribution is 0.306. The number of nitrogens with one attached hydrogen (secondary N) is 1. The number of anilines is 2. The number of rotatable bonds is 6. The Hall–Kier alpha value is -3.70. The minimum absolute atomic E-state index is 0.555. The molecule has 0 unspecified atom stereocenters. The normalized spacial score (nSPS) is 12.9. The largest absolute Gasteiger partial charge is 0.489 e. The third-order valence-electron chi connectivity index (χ3n) is 6.40. The van der Waals surface area contributed by atoms with Gasteiger partial charge in [0.15, 0.2) is 0 Å². The van der Waals surface area contributed by atoms with Gasteiger partial charge in [-0.05, 0) is 72.2 Å². The van der Waals surface area contributed by atoms with Crippen molar-refractivity contribution in [1.82, 2.24) is 9.97 Å². The molecule has 168 valence electrons.